The van der Waals surface area contributed by atoms with Gasteiger partial charge in [-0.2, -0.15) is 0 Å². The van der Waals surface area contributed by atoms with Crippen LogP contribution in [-0.2, 0) is 9.59 Å². The molecule has 0 bridgehead atoms. The second-order valence-corrected chi connectivity index (χ2v) is 7.48. The second-order valence-electron chi connectivity index (χ2n) is 7.48. The molecule has 0 aliphatic rings. The van der Waals surface area contributed by atoms with E-state index in [0.29, 0.717) is 11.3 Å². The summed E-state index contributed by atoms with van der Waals surface area (Å²) in [5.41, 5.74) is 8.07. The van der Waals surface area contributed by atoms with Gasteiger partial charge in [-0.3, -0.25) is 19.2 Å². The third kappa shape index (κ3) is 6.49. The first-order chi connectivity index (χ1) is 16.2. The van der Waals surface area contributed by atoms with Crippen molar-refractivity contribution < 1.29 is 28.7 Å². The maximum Gasteiger partial charge on any atom is 0.303 e. The van der Waals surface area contributed by atoms with E-state index in [-0.39, 0.29) is 24.3 Å². The van der Waals surface area contributed by atoms with E-state index in [1.807, 2.05) is 0 Å². The van der Waals surface area contributed by atoms with Gasteiger partial charge < -0.3 is 21.5 Å². The number of nitrogens with one attached hydrogen (secondary N) is 2. The number of benzene rings is 3. The van der Waals surface area contributed by atoms with E-state index in [0.717, 1.165) is 11.1 Å². The van der Waals surface area contributed by atoms with Crippen LogP contribution in [0.5, 0.6) is 0 Å². The summed E-state index contributed by atoms with van der Waals surface area (Å²) < 4.78 is 13.0. The molecular formula is C25H22FN3O5. The zero-order valence-electron chi connectivity index (χ0n) is 18.0. The summed E-state index contributed by atoms with van der Waals surface area (Å²) in [4.78, 5) is 46.8. The lowest BCUT2D eigenvalue weighted by Gasteiger charge is -2.14. The minimum absolute atomic E-state index is 0.0987. The number of aliphatic carboxylic acids is 1. The van der Waals surface area contributed by atoms with E-state index in [1.54, 1.807) is 48.5 Å². The van der Waals surface area contributed by atoms with Crippen molar-refractivity contribution in [3.63, 3.8) is 0 Å². The first-order valence-electron chi connectivity index (χ1n) is 10.3. The highest BCUT2D eigenvalue weighted by atomic mass is 19.1. The Balaban J connectivity index is 1.63. The number of amides is 3. The molecule has 0 radical (unpaired) electrons. The SMILES string of the molecule is NC(=O)[C@H](CCC(=O)O)NC(=O)c1ccc(-c2ccc(NC(=O)c3ccc(F)cc3)cc2)cc1. The quantitative estimate of drug-likeness (QED) is 0.386. The molecule has 3 amide bonds. The van der Waals surface area contributed by atoms with Crippen molar-refractivity contribution in [1.29, 1.82) is 0 Å². The summed E-state index contributed by atoms with van der Waals surface area (Å²) in [7, 11) is 0. The smallest absolute Gasteiger partial charge is 0.303 e. The molecule has 34 heavy (non-hydrogen) atoms. The normalized spacial score (nSPS) is 11.3. The largest absolute Gasteiger partial charge is 0.481 e. The summed E-state index contributed by atoms with van der Waals surface area (Å²) in [5, 5.41) is 13.9. The predicted octanol–water partition coefficient (Wildman–Crippen LogP) is 3.19. The zero-order valence-corrected chi connectivity index (χ0v) is 18.0. The molecule has 0 aromatic heterocycles. The fourth-order valence-corrected chi connectivity index (χ4v) is 3.16. The number of rotatable bonds is 9. The highest BCUT2D eigenvalue weighted by molar-refractivity contribution is 6.04. The molecule has 0 heterocycles. The van der Waals surface area contributed by atoms with Crippen molar-refractivity contribution in [2.75, 3.05) is 5.32 Å². The van der Waals surface area contributed by atoms with Crippen molar-refractivity contribution in [3.8, 4) is 11.1 Å². The fourth-order valence-electron chi connectivity index (χ4n) is 3.16. The molecule has 0 fully saturated rings. The molecule has 9 heteroatoms. The van der Waals surface area contributed by atoms with Gasteiger partial charge in [-0.05, 0) is 66.1 Å². The number of halogens is 1. The van der Waals surface area contributed by atoms with Crippen molar-refractivity contribution in [2.24, 2.45) is 5.73 Å². The van der Waals surface area contributed by atoms with Gasteiger partial charge in [0.15, 0.2) is 0 Å². The summed E-state index contributed by atoms with van der Waals surface area (Å²) in [6.45, 7) is 0. The number of hydrogen-bond donors (Lipinski definition) is 4. The van der Waals surface area contributed by atoms with Gasteiger partial charge in [-0.15, -0.1) is 0 Å². The number of hydrogen-bond acceptors (Lipinski definition) is 4. The van der Waals surface area contributed by atoms with Crippen LogP contribution in [0.15, 0.2) is 72.8 Å². The number of nitrogens with two attached hydrogens (primary N) is 1. The van der Waals surface area contributed by atoms with Crippen molar-refractivity contribution in [1.82, 2.24) is 5.32 Å². The molecule has 0 saturated carbocycles. The van der Waals surface area contributed by atoms with Gasteiger partial charge >= 0.3 is 5.97 Å². The lowest BCUT2D eigenvalue weighted by molar-refractivity contribution is -0.137. The van der Waals surface area contributed by atoms with E-state index in [2.05, 4.69) is 10.6 Å². The molecule has 3 aromatic rings. The van der Waals surface area contributed by atoms with Crippen LogP contribution in [0.3, 0.4) is 0 Å². The number of primary amides is 1. The fraction of sp³-hybridized carbons (Fsp3) is 0.120. The number of carbonyl (C=O) groups is 4. The summed E-state index contributed by atoms with van der Waals surface area (Å²) in [5.74, 6) is -3.22. The summed E-state index contributed by atoms with van der Waals surface area (Å²) in [6.07, 6.45) is -0.397. The van der Waals surface area contributed by atoms with Gasteiger partial charge in [0.2, 0.25) is 5.91 Å². The van der Waals surface area contributed by atoms with Crippen LogP contribution in [0.4, 0.5) is 10.1 Å². The van der Waals surface area contributed by atoms with Crippen LogP contribution < -0.4 is 16.4 Å². The first kappa shape index (κ1) is 24.1. The number of carbonyl (C=O) groups excluding carboxylic acids is 3. The van der Waals surface area contributed by atoms with Crippen LogP contribution in [-0.4, -0.2) is 34.8 Å². The molecule has 8 nitrogen and oxygen atoms in total. The Hall–Kier alpha value is -4.53. The molecule has 5 N–H and O–H groups in total. The van der Waals surface area contributed by atoms with Crippen molar-refractivity contribution in [2.45, 2.75) is 18.9 Å². The molecule has 3 rings (SSSR count). The molecule has 0 spiro atoms. The molecule has 3 aromatic carbocycles. The Morgan fingerprint density at radius 3 is 1.82 bits per heavy atom. The van der Waals surface area contributed by atoms with Crippen LogP contribution in [0.1, 0.15) is 33.6 Å². The second kappa shape index (κ2) is 10.9. The molecule has 0 unspecified atom stereocenters. The first-order valence-corrected chi connectivity index (χ1v) is 10.3. The molecule has 174 valence electrons. The van der Waals surface area contributed by atoms with Gasteiger partial charge in [0.1, 0.15) is 11.9 Å². The van der Waals surface area contributed by atoms with E-state index in [4.69, 9.17) is 10.8 Å². The highest BCUT2D eigenvalue weighted by Gasteiger charge is 2.20. The average molecular weight is 463 g/mol. The van der Waals surface area contributed by atoms with Crippen LogP contribution in [0.25, 0.3) is 11.1 Å². The third-order valence-electron chi connectivity index (χ3n) is 5.03. The Labute approximate surface area is 194 Å². The van der Waals surface area contributed by atoms with Crippen molar-refractivity contribution in [3.05, 3.63) is 89.7 Å². The Morgan fingerprint density at radius 1 is 0.794 bits per heavy atom. The lowest BCUT2D eigenvalue weighted by Crippen LogP contribution is -2.44. The van der Waals surface area contributed by atoms with E-state index < -0.39 is 29.6 Å². The Bertz CT molecular complexity index is 1190. The van der Waals surface area contributed by atoms with E-state index in [9.17, 15) is 23.6 Å². The maximum atomic E-state index is 13.0. The lowest BCUT2D eigenvalue weighted by atomic mass is 10.0. The number of carboxylic acids is 1. The minimum atomic E-state index is -1.09. The van der Waals surface area contributed by atoms with Gasteiger partial charge in [0.25, 0.3) is 11.8 Å². The maximum absolute atomic E-state index is 13.0. The van der Waals surface area contributed by atoms with E-state index in [1.165, 1.54) is 24.3 Å². The van der Waals surface area contributed by atoms with Crippen LogP contribution in [0.2, 0.25) is 0 Å². The Kier molecular flexibility index (Phi) is 7.71. The number of carboxylic acid groups (broad SMARTS) is 1. The molecule has 1 atom stereocenters. The van der Waals surface area contributed by atoms with E-state index >= 15 is 0 Å². The summed E-state index contributed by atoms with van der Waals surface area (Å²) in [6, 6.07) is 17.8. The third-order valence-corrected chi connectivity index (χ3v) is 5.03. The topological polar surface area (TPSA) is 139 Å². The minimum Gasteiger partial charge on any atom is -0.481 e. The van der Waals surface area contributed by atoms with Gasteiger partial charge in [0.05, 0.1) is 0 Å². The molecule has 0 aliphatic carbocycles. The monoisotopic (exact) mass is 463 g/mol. The van der Waals surface area contributed by atoms with Crippen molar-refractivity contribution >= 4 is 29.4 Å². The molecular weight excluding hydrogens is 441 g/mol. The zero-order chi connectivity index (χ0) is 24.7. The van der Waals surface area contributed by atoms with Gasteiger partial charge in [-0.25, -0.2) is 4.39 Å². The average Bonchev–Trinajstić information content (AvgIpc) is 2.82. The van der Waals surface area contributed by atoms with Crippen LogP contribution in [0, 0.1) is 5.82 Å². The predicted molar refractivity (Wildman–Crippen MR) is 124 cm³/mol. The highest BCUT2D eigenvalue weighted by Crippen LogP contribution is 2.22. The number of anilines is 1. The summed E-state index contributed by atoms with van der Waals surface area (Å²) >= 11 is 0. The van der Waals surface area contributed by atoms with Gasteiger partial charge in [-0.1, -0.05) is 24.3 Å². The molecule has 0 aliphatic heterocycles. The molecule has 0 saturated heterocycles. The van der Waals surface area contributed by atoms with Gasteiger partial charge in [0, 0.05) is 23.2 Å². The van der Waals surface area contributed by atoms with Crippen LogP contribution >= 0.6 is 0 Å². The standard InChI is InChI=1S/C25H22FN3O5/c26-19-9-5-18(6-10-19)24(33)28-20-11-7-16(8-12-20)15-1-3-17(4-2-15)25(34)29-21(23(27)32)13-14-22(30)31/h1-12,21H,13-14H2,(H2,27,32)(H,28,33)(H,29,34)(H,30,31)/t21-/m0/s1. The Morgan fingerprint density at radius 2 is 1.29 bits per heavy atom.